The second-order valence-electron chi connectivity index (χ2n) is 6.37. The Balaban J connectivity index is 2.26. The molecule has 120 valence electrons. The van der Waals surface area contributed by atoms with E-state index in [9.17, 15) is 9.59 Å². The van der Waals surface area contributed by atoms with Crippen molar-refractivity contribution in [3.8, 4) is 0 Å². The molecule has 0 aliphatic rings. The fraction of sp³-hybridized carbons (Fsp3) is 0.278. The molecule has 0 fully saturated rings. The lowest BCUT2D eigenvalue weighted by molar-refractivity contribution is 0.0690. The minimum absolute atomic E-state index is 0.0402. The summed E-state index contributed by atoms with van der Waals surface area (Å²) in [6, 6.07) is 12.1. The number of rotatable bonds is 3. The summed E-state index contributed by atoms with van der Waals surface area (Å²) >= 11 is 0. The summed E-state index contributed by atoms with van der Waals surface area (Å²) in [4.78, 5) is 28.8. The zero-order valence-corrected chi connectivity index (χ0v) is 13.7. The molecule has 2 rings (SSSR count). The van der Waals surface area contributed by atoms with E-state index in [4.69, 9.17) is 5.11 Å². The van der Waals surface area contributed by atoms with Crippen LogP contribution in [0.2, 0.25) is 0 Å². The van der Waals surface area contributed by atoms with Crippen molar-refractivity contribution < 1.29 is 14.7 Å². The Hall–Kier alpha value is -2.69. The summed E-state index contributed by atoms with van der Waals surface area (Å²) in [5, 5.41) is 8.97. The second-order valence-corrected chi connectivity index (χ2v) is 6.37. The van der Waals surface area contributed by atoms with Crippen LogP contribution in [0, 0.1) is 0 Å². The summed E-state index contributed by atoms with van der Waals surface area (Å²) in [5.41, 5.74) is 1.90. The van der Waals surface area contributed by atoms with Crippen molar-refractivity contribution in [2.45, 2.75) is 26.2 Å². The molecule has 2 aromatic rings. The van der Waals surface area contributed by atoms with Crippen LogP contribution in [0.5, 0.6) is 0 Å². The highest BCUT2D eigenvalue weighted by atomic mass is 16.4. The first-order valence-corrected chi connectivity index (χ1v) is 7.29. The third kappa shape index (κ3) is 3.74. The molecular formula is C18H20N2O3. The lowest BCUT2D eigenvalue weighted by atomic mass is 9.87. The fourth-order valence-electron chi connectivity index (χ4n) is 2.15. The number of pyridine rings is 1. The van der Waals surface area contributed by atoms with Gasteiger partial charge in [-0.1, -0.05) is 39.0 Å². The molecule has 1 amide bonds. The van der Waals surface area contributed by atoms with E-state index in [-0.39, 0.29) is 22.7 Å². The van der Waals surface area contributed by atoms with Crippen LogP contribution in [0.4, 0.5) is 5.69 Å². The number of hydrogen-bond donors (Lipinski definition) is 1. The van der Waals surface area contributed by atoms with E-state index in [0.29, 0.717) is 0 Å². The predicted molar refractivity (Wildman–Crippen MR) is 89.1 cm³/mol. The smallest absolute Gasteiger partial charge is 0.354 e. The molecule has 0 atom stereocenters. The van der Waals surface area contributed by atoms with Crippen molar-refractivity contribution in [3.63, 3.8) is 0 Å². The number of benzene rings is 1. The lowest BCUT2D eigenvalue weighted by Crippen LogP contribution is -2.27. The maximum atomic E-state index is 12.5. The van der Waals surface area contributed by atoms with E-state index >= 15 is 0 Å². The summed E-state index contributed by atoms with van der Waals surface area (Å²) in [6.07, 6.45) is 0. The average molecular weight is 312 g/mol. The van der Waals surface area contributed by atoms with Gasteiger partial charge in [0.1, 0.15) is 11.4 Å². The van der Waals surface area contributed by atoms with Gasteiger partial charge in [0.25, 0.3) is 5.91 Å². The molecule has 1 aromatic carbocycles. The normalized spacial score (nSPS) is 11.1. The van der Waals surface area contributed by atoms with Gasteiger partial charge in [0.15, 0.2) is 0 Å². The van der Waals surface area contributed by atoms with Gasteiger partial charge >= 0.3 is 5.97 Å². The largest absolute Gasteiger partial charge is 0.477 e. The number of aromatic carboxylic acids is 1. The van der Waals surface area contributed by atoms with Crippen LogP contribution in [0.1, 0.15) is 47.3 Å². The molecule has 1 heterocycles. The molecular weight excluding hydrogens is 292 g/mol. The molecule has 0 bridgehead atoms. The van der Waals surface area contributed by atoms with Crippen molar-refractivity contribution in [3.05, 3.63) is 59.4 Å². The average Bonchev–Trinajstić information content (AvgIpc) is 2.53. The number of anilines is 1. The quantitative estimate of drug-likeness (QED) is 0.943. The molecule has 0 radical (unpaired) electrons. The maximum absolute atomic E-state index is 12.5. The van der Waals surface area contributed by atoms with Gasteiger partial charge in [0, 0.05) is 12.7 Å². The van der Waals surface area contributed by atoms with Gasteiger partial charge in [0.2, 0.25) is 0 Å². The number of carboxylic acid groups (broad SMARTS) is 1. The highest BCUT2D eigenvalue weighted by Crippen LogP contribution is 2.25. The third-order valence-electron chi connectivity index (χ3n) is 3.61. The SMILES string of the molecule is CN(C(=O)c1cccc(C(=O)O)n1)c1ccc(C(C)(C)C)cc1. The van der Waals surface area contributed by atoms with E-state index in [2.05, 4.69) is 25.8 Å². The fourth-order valence-corrected chi connectivity index (χ4v) is 2.15. The van der Waals surface area contributed by atoms with Gasteiger partial charge < -0.3 is 10.0 Å². The molecule has 0 saturated heterocycles. The molecule has 0 saturated carbocycles. The molecule has 0 spiro atoms. The number of carbonyl (C=O) groups is 2. The highest BCUT2D eigenvalue weighted by molar-refractivity contribution is 6.04. The van der Waals surface area contributed by atoms with E-state index in [1.165, 1.54) is 28.7 Å². The van der Waals surface area contributed by atoms with Gasteiger partial charge in [-0.05, 0) is 35.2 Å². The van der Waals surface area contributed by atoms with Crippen LogP contribution in [-0.4, -0.2) is 29.0 Å². The van der Waals surface area contributed by atoms with E-state index in [1.807, 2.05) is 24.3 Å². The maximum Gasteiger partial charge on any atom is 0.354 e. The van der Waals surface area contributed by atoms with E-state index in [1.54, 1.807) is 7.05 Å². The van der Waals surface area contributed by atoms with Gasteiger partial charge in [-0.3, -0.25) is 4.79 Å². The molecule has 1 N–H and O–H groups in total. The van der Waals surface area contributed by atoms with Gasteiger partial charge in [-0.2, -0.15) is 0 Å². The molecule has 23 heavy (non-hydrogen) atoms. The predicted octanol–water partition coefficient (Wildman–Crippen LogP) is 3.35. The van der Waals surface area contributed by atoms with E-state index < -0.39 is 5.97 Å². The Bertz CT molecular complexity index is 731. The van der Waals surface area contributed by atoms with Crippen molar-refractivity contribution in [1.29, 1.82) is 0 Å². The van der Waals surface area contributed by atoms with Crippen molar-refractivity contribution in [2.75, 3.05) is 11.9 Å². The lowest BCUT2D eigenvalue weighted by Gasteiger charge is -2.21. The summed E-state index contributed by atoms with van der Waals surface area (Å²) < 4.78 is 0. The third-order valence-corrected chi connectivity index (χ3v) is 3.61. The molecule has 0 unspecified atom stereocenters. The first-order valence-electron chi connectivity index (χ1n) is 7.29. The number of carboxylic acids is 1. The molecule has 5 heteroatoms. The van der Waals surface area contributed by atoms with Crippen molar-refractivity contribution >= 4 is 17.6 Å². The zero-order valence-electron chi connectivity index (χ0n) is 13.7. The van der Waals surface area contributed by atoms with Crippen LogP contribution in [0.3, 0.4) is 0 Å². The minimum atomic E-state index is -1.16. The molecule has 0 aliphatic heterocycles. The molecule has 1 aromatic heterocycles. The first kappa shape index (κ1) is 16.7. The van der Waals surface area contributed by atoms with Crippen LogP contribution in [-0.2, 0) is 5.41 Å². The molecule has 0 aliphatic carbocycles. The van der Waals surface area contributed by atoms with Gasteiger partial charge in [-0.15, -0.1) is 0 Å². The van der Waals surface area contributed by atoms with Crippen LogP contribution in [0.25, 0.3) is 0 Å². The Morgan fingerprint density at radius 3 is 2.09 bits per heavy atom. The zero-order chi connectivity index (χ0) is 17.2. The molecule has 5 nitrogen and oxygen atoms in total. The van der Waals surface area contributed by atoms with Crippen LogP contribution in [0.15, 0.2) is 42.5 Å². The Labute approximate surface area is 135 Å². The van der Waals surface area contributed by atoms with Gasteiger partial charge in [-0.25, -0.2) is 9.78 Å². The Kier molecular flexibility index (Phi) is 4.50. The summed E-state index contributed by atoms with van der Waals surface area (Å²) in [6.45, 7) is 6.37. The number of amides is 1. The first-order chi connectivity index (χ1) is 10.7. The Morgan fingerprint density at radius 2 is 1.57 bits per heavy atom. The number of aromatic nitrogens is 1. The van der Waals surface area contributed by atoms with Gasteiger partial charge in [0.05, 0.1) is 0 Å². The number of nitrogens with zero attached hydrogens (tertiary/aromatic N) is 2. The Morgan fingerprint density at radius 1 is 1.00 bits per heavy atom. The van der Waals surface area contributed by atoms with E-state index in [0.717, 1.165) is 5.69 Å². The topological polar surface area (TPSA) is 70.5 Å². The minimum Gasteiger partial charge on any atom is -0.477 e. The van der Waals surface area contributed by atoms with Crippen LogP contribution < -0.4 is 4.90 Å². The second kappa shape index (κ2) is 6.20. The highest BCUT2D eigenvalue weighted by Gasteiger charge is 2.18. The monoisotopic (exact) mass is 312 g/mol. The number of carbonyl (C=O) groups excluding carboxylic acids is 1. The van der Waals surface area contributed by atoms with Crippen molar-refractivity contribution in [2.24, 2.45) is 0 Å². The van der Waals surface area contributed by atoms with Crippen molar-refractivity contribution in [1.82, 2.24) is 4.98 Å². The standard InChI is InChI=1S/C18H20N2O3/c1-18(2,3)12-8-10-13(11-9-12)20(4)16(21)14-6-5-7-15(19-14)17(22)23/h5-11H,1-4H3,(H,22,23). The van der Waals surface area contributed by atoms with Crippen LogP contribution >= 0.6 is 0 Å². The summed E-state index contributed by atoms with van der Waals surface area (Å²) in [5.74, 6) is -1.51. The number of hydrogen-bond acceptors (Lipinski definition) is 3. The summed E-state index contributed by atoms with van der Waals surface area (Å²) in [7, 11) is 1.64.